The van der Waals surface area contributed by atoms with Gasteiger partial charge in [-0.3, -0.25) is 5.41 Å². The second-order valence-corrected chi connectivity index (χ2v) is 2.53. The van der Waals surface area contributed by atoms with Crippen LogP contribution in [0.5, 0.6) is 5.75 Å². The fourth-order valence-corrected chi connectivity index (χ4v) is 0.826. The average Bonchev–Trinajstić information content (AvgIpc) is 2.04. The van der Waals surface area contributed by atoms with Crippen molar-refractivity contribution in [2.45, 2.75) is 5.92 Å². The molecule has 1 aromatic rings. The molecule has 0 aliphatic carbocycles. The van der Waals surface area contributed by atoms with Crippen molar-refractivity contribution in [1.82, 2.24) is 0 Å². The highest BCUT2D eigenvalue weighted by molar-refractivity contribution is 5.85. The average molecular weight is 186 g/mol. The van der Waals surface area contributed by atoms with Crippen molar-refractivity contribution < 1.29 is 13.9 Å². The van der Waals surface area contributed by atoms with E-state index in [0.717, 1.165) is 24.3 Å². The van der Waals surface area contributed by atoms with E-state index in [1.807, 2.05) is 0 Å². The number of hydrogen-bond donors (Lipinski definition) is 3. The summed E-state index contributed by atoms with van der Waals surface area (Å²) in [5.74, 6) is -4.78. The van der Waals surface area contributed by atoms with Gasteiger partial charge in [0, 0.05) is 5.56 Å². The number of hydrogen-bond acceptors (Lipinski definition) is 2. The minimum atomic E-state index is -3.46. The zero-order valence-electron chi connectivity index (χ0n) is 6.59. The zero-order valence-corrected chi connectivity index (χ0v) is 6.59. The molecule has 70 valence electrons. The molecule has 0 amide bonds. The van der Waals surface area contributed by atoms with Crippen LogP contribution in [0.1, 0.15) is 5.56 Å². The van der Waals surface area contributed by atoms with Crippen LogP contribution in [0.2, 0.25) is 0 Å². The Morgan fingerprint density at radius 2 is 1.77 bits per heavy atom. The van der Waals surface area contributed by atoms with Crippen molar-refractivity contribution in [2.75, 3.05) is 0 Å². The molecule has 5 heteroatoms. The van der Waals surface area contributed by atoms with Crippen LogP contribution in [-0.2, 0) is 5.92 Å². The number of halogens is 2. The largest absolute Gasteiger partial charge is 0.508 e. The Balaban J connectivity index is 3.08. The summed E-state index contributed by atoms with van der Waals surface area (Å²) >= 11 is 0. The highest BCUT2D eigenvalue weighted by Crippen LogP contribution is 2.28. The molecule has 13 heavy (non-hydrogen) atoms. The Bertz CT molecular complexity index is 321. The van der Waals surface area contributed by atoms with E-state index in [1.54, 1.807) is 0 Å². The molecular formula is C8H8F2N2O. The number of nitrogens with two attached hydrogens (primary N) is 1. The van der Waals surface area contributed by atoms with Crippen molar-refractivity contribution in [3.63, 3.8) is 0 Å². The lowest BCUT2D eigenvalue weighted by Gasteiger charge is -2.14. The summed E-state index contributed by atoms with van der Waals surface area (Å²) < 4.78 is 26.0. The third-order valence-corrected chi connectivity index (χ3v) is 1.57. The van der Waals surface area contributed by atoms with E-state index in [4.69, 9.17) is 16.2 Å². The van der Waals surface area contributed by atoms with Gasteiger partial charge in [-0.25, -0.2) is 0 Å². The molecule has 0 bridgehead atoms. The molecule has 1 rings (SSSR count). The van der Waals surface area contributed by atoms with E-state index < -0.39 is 17.3 Å². The Morgan fingerprint density at radius 3 is 2.15 bits per heavy atom. The van der Waals surface area contributed by atoms with Gasteiger partial charge in [0.25, 0.3) is 0 Å². The molecule has 0 unspecified atom stereocenters. The first kappa shape index (κ1) is 9.44. The maximum Gasteiger partial charge on any atom is 0.328 e. The number of nitrogens with one attached hydrogen (secondary N) is 1. The second kappa shape index (κ2) is 3.01. The molecule has 3 nitrogen and oxygen atoms in total. The number of amidine groups is 1. The topological polar surface area (TPSA) is 70.1 Å². The quantitative estimate of drug-likeness (QED) is 0.483. The van der Waals surface area contributed by atoms with Crippen LogP contribution in [0.25, 0.3) is 0 Å². The first-order chi connectivity index (χ1) is 5.94. The summed E-state index contributed by atoms with van der Waals surface area (Å²) in [7, 11) is 0. The Hall–Kier alpha value is -1.65. The first-order valence-corrected chi connectivity index (χ1v) is 3.46. The third kappa shape index (κ3) is 1.74. The SMILES string of the molecule is N=C(N)C(F)(F)c1ccc(O)cc1. The second-order valence-electron chi connectivity index (χ2n) is 2.53. The van der Waals surface area contributed by atoms with Gasteiger partial charge in [-0.1, -0.05) is 0 Å². The summed E-state index contributed by atoms with van der Waals surface area (Å²) in [6.45, 7) is 0. The Kier molecular flexibility index (Phi) is 2.18. The summed E-state index contributed by atoms with van der Waals surface area (Å²) in [6, 6.07) is 4.28. The number of benzene rings is 1. The monoisotopic (exact) mass is 186 g/mol. The van der Waals surface area contributed by atoms with E-state index >= 15 is 0 Å². The van der Waals surface area contributed by atoms with E-state index in [1.165, 1.54) is 0 Å². The van der Waals surface area contributed by atoms with Crippen molar-refractivity contribution >= 4 is 5.84 Å². The van der Waals surface area contributed by atoms with Crippen molar-refractivity contribution in [2.24, 2.45) is 5.73 Å². The zero-order chi connectivity index (χ0) is 10.1. The van der Waals surface area contributed by atoms with Gasteiger partial charge in [-0.15, -0.1) is 0 Å². The fourth-order valence-electron chi connectivity index (χ4n) is 0.826. The minimum Gasteiger partial charge on any atom is -0.508 e. The predicted octanol–water partition coefficient (Wildman–Crippen LogP) is 1.42. The summed E-state index contributed by atoms with van der Waals surface area (Å²) in [4.78, 5) is 0. The normalized spacial score (nSPS) is 11.2. The number of phenols is 1. The molecule has 4 N–H and O–H groups in total. The number of aromatic hydroxyl groups is 1. The maximum atomic E-state index is 13.0. The number of rotatable bonds is 2. The van der Waals surface area contributed by atoms with Crippen LogP contribution in [0, 0.1) is 5.41 Å². The van der Waals surface area contributed by atoms with Crippen LogP contribution in [0.15, 0.2) is 24.3 Å². The Morgan fingerprint density at radius 1 is 1.31 bits per heavy atom. The molecule has 0 aliphatic rings. The molecule has 0 aromatic heterocycles. The highest BCUT2D eigenvalue weighted by Gasteiger charge is 2.35. The first-order valence-electron chi connectivity index (χ1n) is 3.46. The van der Waals surface area contributed by atoms with Crippen molar-refractivity contribution in [3.05, 3.63) is 29.8 Å². The van der Waals surface area contributed by atoms with Gasteiger partial charge < -0.3 is 10.8 Å². The molecule has 0 spiro atoms. The number of phenolic OH excluding ortho intramolecular Hbond substituents is 1. The van der Waals surface area contributed by atoms with Gasteiger partial charge in [0.05, 0.1) is 0 Å². The summed E-state index contributed by atoms with van der Waals surface area (Å²) in [5.41, 5.74) is 4.31. The van der Waals surface area contributed by atoms with Gasteiger partial charge in [-0.05, 0) is 24.3 Å². The summed E-state index contributed by atoms with van der Waals surface area (Å²) in [5, 5.41) is 15.5. The van der Waals surface area contributed by atoms with Gasteiger partial charge in [0.15, 0.2) is 5.84 Å². The van der Waals surface area contributed by atoms with E-state index in [9.17, 15) is 8.78 Å². The highest BCUT2D eigenvalue weighted by atomic mass is 19.3. The predicted molar refractivity (Wildman–Crippen MR) is 43.9 cm³/mol. The van der Waals surface area contributed by atoms with Gasteiger partial charge in [-0.2, -0.15) is 8.78 Å². The van der Waals surface area contributed by atoms with Crippen molar-refractivity contribution in [3.8, 4) is 5.75 Å². The van der Waals surface area contributed by atoms with Crippen LogP contribution in [0.4, 0.5) is 8.78 Å². The molecule has 0 saturated carbocycles. The van der Waals surface area contributed by atoms with Crippen LogP contribution >= 0.6 is 0 Å². The van der Waals surface area contributed by atoms with Gasteiger partial charge in [0.2, 0.25) is 0 Å². The fraction of sp³-hybridized carbons (Fsp3) is 0.125. The molecule has 0 aliphatic heterocycles. The number of alkyl halides is 2. The molecule has 0 radical (unpaired) electrons. The standard InChI is InChI=1S/C8H8F2N2O/c9-8(10,7(11)12)5-1-3-6(13)4-2-5/h1-4,13H,(H3,11,12). The lowest BCUT2D eigenvalue weighted by molar-refractivity contribution is 0.0734. The Labute approximate surface area is 73.3 Å². The molecule has 1 aromatic carbocycles. The van der Waals surface area contributed by atoms with E-state index in [2.05, 4.69) is 0 Å². The van der Waals surface area contributed by atoms with Crippen LogP contribution in [0.3, 0.4) is 0 Å². The third-order valence-electron chi connectivity index (χ3n) is 1.57. The molecular weight excluding hydrogens is 178 g/mol. The van der Waals surface area contributed by atoms with Gasteiger partial charge in [0.1, 0.15) is 5.75 Å². The maximum absolute atomic E-state index is 13.0. The molecule has 0 fully saturated rings. The smallest absolute Gasteiger partial charge is 0.328 e. The van der Waals surface area contributed by atoms with Gasteiger partial charge >= 0.3 is 5.92 Å². The van der Waals surface area contributed by atoms with E-state index in [0.29, 0.717) is 0 Å². The molecule has 0 heterocycles. The lowest BCUT2D eigenvalue weighted by Crippen LogP contribution is -2.32. The van der Waals surface area contributed by atoms with Crippen LogP contribution in [-0.4, -0.2) is 10.9 Å². The lowest BCUT2D eigenvalue weighted by atomic mass is 10.1. The van der Waals surface area contributed by atoms with E-state index in [-0.39, 0.29) is 5.75 Å². The van der Waals surface area contributed by atoms with Crippen molar-refractivity contribution in [1.29, 1.82) is 5.41 Å². The summed E-state index contributed by atoms with van der Waals surface area (Å²) in [6.07, 6.45) is 0. The minimum absolute atomic E-state index is 0.108. The molecule has 0 saturated heterocycles. The van der Waals surface area contributed by atoms with Crippen LogP contribution < -0.4 is 5.73 Å². The molecule has 0 atom stereocenters.